The van der Waals surface area contributed by atoms with Crippen LogP contribution in [0.4, 0.5) is 5.13 Å². The summed E-state index contributed by atoms with van der Waals surface area (Å²) < 4.78 is 0. The van der Waals surface area contributed by atoms with Gasteiger partial charge < -0.3 is 10.4 Å². The van der Waals surface area contributed by atoms with Gasteiger partial charge in [0.15, 0.2) is 5.13 Å². The van der Waals surface area contributed by atoms with Gasteiger partial charge in [-0.05, 0) is 17.7 Å². The van der Waals surface area contributed by atoms with Gasteiger partial charge >= 0.3 is 0 Å². The fourth-order valence-electron chi connectivity index (χ4n) is 1.25. The maximum absolute atomic E-state index is 11.6. The Bertz CT molecular complexity index is 465. The van der Waals surface area contributed by atoms with Gasteiger partial charge in [0, 0.05) is 11.6 Å². The van der Waals surface area contributed by atoms with E-state index in [0.29, 0.717) is 5.13 Å². The van der Waals surface area contributed by atoms with Crippen molar-refractivity contribution < 1.29 is 9.90 Å². The molecule has 2 rings (SSSR count). The average molecular weight is 234 g/mol. The third kappa shape index (κ3) is 2.80. The molecule has 1 aromatic carbocycles. The first-order valence-electron chi connectivity index (χ1n) is 4.71. The molecule has 0 saturated heterocycles. The van der Waals surface area contributed by atoms with Crippen molar-refractivity contribution in [3.05, 3.63) is 41.4 Å². The molecule has 0 aliphatic carbocycles. The monoisotopic (exact) mass is 234 g/mol. The van der Waals surface area contributed by atoms with E-state index in [1.165, 1.54) is 11.3 Å². The van der Waals surface area contributed by atoms with Crippen LogP contribution in [0.1, 0.15) is 5.56 Å². The highest BCUT2D eigenvalue weighted by Crippen LogP contribution is 2.13. The first-order chi connectivity index (χ1) is 7.74. The Labute approximate surface area is 96.6 Å². The highest BCUT2D eigenvalue weighted by Gasteiger charge is 2.05. The van der Waals surface area contributed by atoms with Crippen LogP contribution < -0.4 is 5.32 Å². The molecule has 0 saturated carbocycles. The van der Waals surface area contributed by atoms with Crippen molar-refractivity contribution in [3.63, 3.8) is 0 Å². The fourth-order valence-corrected chi connectivity index (χ4v) is 1.79. The van der Waals surface area contributed by atoms with Gasteiger partial charge in [0.05, 0.1) is 6.42 Å². The number of benzene rings is 1. The molecule has 0 bridgehead atoms. The number of phenols is 1. The molecule has 0 aliphatic rings. The minimum absolute atomic E-state index is 0.111. The molecule has 5 heteroatoms. The molecular formula is C11H10N2O2S. The van der Waals surface area contributed by atoms with Crippen LogP contribution in [0.2, 0.25) is 0 Å². The fraction of sp³-hybridized carbons (Fsp3) is 0.0909. The minimum Gasteiger partial charge on any atom is -0.508 e. The third-order valence-electron chi connectivity index (χ3n) is 1.98. The summed E-state index contributed by atoms with van der Waals surface area (Å²) in [6.07, 6.45) is 1.92. The quantitative estimate of drug-likeness (QED) is 0.854. The summed E-state index contributed by atoms with van der Waals surface area (Å²) in [5.41, 5.74) is 0.854. The SMILES string of the molecule is O=C(Cc1ccc(O)cc1)Nc1nccs1. The summed E-state index contributed by atoms with van der Waals surface area (Å²) in [4.78, 5) is 15.5. The Balaban J connectivity index is 1.95. The first kappa shape index (κ1) is 10.6. The van der Waals surface area contributed by atoms with Gasteiger partial charge in [-0.3, -0.25) is 4.79 Å². The lowest BCUT2D eigenvalue weighted by Gasteiger charge is -2.01. The highest BCUT2D eigenvalue weighted by molar-refractivity contribution is 7.13. The number of aromatic hydroxyl groups is 1. The number of hydrogen-bond acceptors (Lipinski definition) is 4. The summed E-state index contributed by atoms with van der Waals surface area (Å²) >= 11 is 1.38. The smallest absolute Gasteiger partial charge is 0.230 e. The molecular weight excluding hydrogens is 224 g/mol. The zero-order valence-electron chi connectivity index (χ0n) is 8.38. The van der Waals surface area contributed by atoms with Crippen LogP contribution in [0.15, 0.2) is 35.8 Å². The van der Waals surface area contributed by atoms with E-state index in [4.69, 9.17) is 5.11 Å². The number of carbonyl (C=O) groups is 1. The number of amides is 1. The van der Waals surface area contributed by atoms with E-state index < -0.39 is 0 Å². The lowest BCUT2D eigenvalue weighted by Crippen LogP contribution is -2.13. The minimum atomic E-state index is -0.111. The molecule has 1 heterocycles. The van der Waals surface area contributed by atoms with Crippen LogP contribution >= 0.6 is 11.3 Å². The molecule has 2 aromatic rings. The summed E-state index contributed by atoms with van der Waals surface area (Å²) in [6, 6.07) is 6.56. The topological polar surface area (TPSA) is 62.2 Å². The standard InChI is InChI=1S/C11H10N2O2S/c14-9-3-1-8(2-4-9)7-10(15)13-11-12-5-6-16-11/h1-6,14H,7H2,(H,12,13,15). The van der Waals surface area contributed by atoms with Crippen LogP contribution in [0.5, 0.6) is 5.75 Å². The molecule has 0 radical (unpaired) electrons. The van der Waals surface area contributed by atoms with Crippen LogP contribution in [0, 0.1) is 0 Å². The van der Waals surface area contributed by atoms with Gasteiger partial charge in [0.2, 0.25) is 5.91 Å². The molecule has 0 fully saturated rings. The van der Waals surface area contributed by atoms with E-state index in [1.54, 1.807) is 35.8 Å². The number of phenolic OH excluding ortho intramolecular Hbond substituents is 1. The molecule has 4 nitrogen and oxygen atoms in total. The zero-order chi connectivity index (χ0) is 11.4. The third-order valence-corrected chi connectivity index (χ3v) is 2.67. The summed E-state index contributed by atoms with van der Waals surface area (Å²) in [5, 5.41) is 14.2. The number of rotatable bonds is 3. The Morgan fingerprint density at radius 1 is 1.38 bits per heavy atom. The maximum atomic E-state index is 11.6. The number of hydrogen-bond donors (Lipinski definition) is 2. The van der Waals surface area contributed by atoms with Crippen LogP contribution in [0.3, 0.4) is 0 Å². The second kappa shape index (κ2) is 4.76. The number of anilines is 1. The molecule has 0 aliphatic heterocycles. The lowest BCUT2D eigenvalue weighted by molar-refractivity contribution is -0.115. The van der Waals surface area contributed by atoms with E-state index in [0.717, 1.165) is 5.56 Å². The van der Waals surface area contributed by atoms with Crippen molar-refractivity contribution in [1.82, 2.24) is 4.98 Å². The van der Waals surface area contributed by atoms with E-state index in [2.05, 4.69) is 10.3 Å². The molecule has 0 atom stereocenters. The van der Waals surface area contributed by atoms with Crippen molar-refractivity contribution in [3.8, 4) is 5.75 Å². The van der Waals surface area contributed by atoms with Gasteiger partial charge in [0.25, 0.3) is 0 Å². The summed E-state index contributed by atoms with van der Waals surface area (Å²) in [7, 11) is 0. The van der Waals surface area contributed by atoms with E-state index >= 15 is 0 Å². The van der Waals surface area contributed by atoms with Crippen LogP contribution in [-0.2, 0) is 11.2 Å². The first-order valence-corrected chi connectivity index (χ1v) is 5.59. The molecule has 82 valence electrons. The Morgan fingerprint density at radius 2 is 2.12 bits per heavy atom. The van der Waals surface area contributed by atoms with E-state index in [9.17, 15) is 4.79 Å². The summed E-state index contributed by atoms with van der Waals surface area (Å²) in [5.74, 6) is 0.0877. The lowest BCUT2D eigenvalue weighted by atomic mass is 10.1. The normalized spacial score (nSPS) is 10.0. The maximum Gasteiger partial charge on any atom is 0.230 e. The summed E-state index contributed by atoms with van der Waals surface area (Å²) in [6.45, 7) is 0. The predicted molar refractivity (Wildman–Crippen MR) is 62.6 cm³/mol. The van der Waals surface area contributed by atoms with Crippen LogP contribution in [0.25, 0.3) is 0 Å². The Morgan fingerprint density at radius 3 is 2.75 bits per heavy atom. The Kier molecular flexibility index (Phi) is 3.16. The Hall–Kier alpha value is -1.88. The highest BCUT2D eigenvalue weighted by atomic mass is 32.1. The second-order valence-corrected chi connectivity index (χ2v) is 4.12. The van der Waals surface area contributed by atoms with Crippen molar-refractivity contribution in [1.29, 1.82) is 0 Å². The average Bonchev–Trinajstić information content (AvgIpc) is 2.74. The van der Waals surface area contributed by atoms with Gasteiger partial charge in [-0.2, -0.15) is 0 Å². The molecule has 2 N–H and O–H groups in total. The number of carbonyl (C=O) groups excluding carboxylic acids is 1. The van der Waals surface area contributed by atoms with E-state index in [1.807, 2.05) is 0 Å². The van der Waals surface area contributed by atoms with Gasteiger partial charge in [0.1, 0.15) is 5.75 Å². The zero-order valence-corrected chi connectivity index (χ0v) is 9.20. The molecule has 1 amide bonds. The number of nitrogens with zero attached hydrogens (tertiary/aromatic N) is 1. The van der Waals surface area contributed by atoms with E-state index in [-0.39, 0.29) is 18.1 Å². The van der Waals surface area contributed by atoms with Crippen LogP contribution in [-0.4, -0.2) is 16.0 Å². The van der Waals surface area contributed by atoms with Crippen molar-refractivity contribution in [2.24, 2.45) is 0 Å². The van der Waals surface area contributed by atoms with Gasteiger partial charge in [-0.25, -0.2) is 4.98 Å². The second-order valence-electron chi connectivity index (χ2n) is 3.23. The molecule has 0 unspecified atom stereocenters. The van der Waals surface area contributed by atoms with Crippen molar-refractivity contribution >= 4 is 22.4 Å². The number of thiazole rings is 1. The van der Waals surface area contributed by atoms with Gasteiger partial charge in [-0.15, -0.1) is 11.3 Å². The van der Waals surface area contributed by atoms with Crippen molar-refractivity contribution in [2.45, 2.75) is 6.42 Å². The number of aromatic nitrogens is 1. The largest absolute Gasteiger partial charge is 0.508 e. The van der Waals surface area contributed by atoms with Gasteiger partial charge in [-0.1, -0.05) is 12.1 Å². The number of nitrogens with one attached hydrogen (secondary N) is 1. The predicted octanol–water partition coefficient (Wildman–Crippen LogP) is 2.03. The molecule has 16 heavy (non-hydrogen) atoms. The molecule has 0 spiro atoms. The molecule has 1 aromatic heterocycles. The van der Waals surface area contributed by atoms with Crippen molar-refractivity contribution in [2.75, 3.05) is 5.32 Å².